The van der Waals surface area contributed by atoms with Crippen LogP contribution in [-0.2, 0) is 0 Å². The highest BCUT2D eigenvalue weighted by molar-refractivity contribution is 6.33. The largest absolute Gasteiger partial charge is 0.497 e. The van der Waals surface area contributed by atoms with Crippen LogP contribution in [0.25, 0.3) is 11.3 Å². The van der Waals surface area contributed by atoms with Crippen molar-refractivity contribution in [3.8, 4) is 17.0 Å². The van der Waals surface area contributed by atoms with E-state index in [0.717, 1.165) is 35.9 Å². The molecule has 1 aromatic heterocycles. The molecule has 4 nitrogen and oxygen atoms in total. The first-order valence-corrected chi connectivity index (χ1v) is 6.25. The minimum Gasteiger partial charge on any atom is -0.497 e. The smallest absolute Gasteiger partial charge is 0.120 e. The van der Waals surface area contributed by atoms with Gasteiger partial charge in [-0.25, -0.2) is 4.98 Å². The number of benzene rings is 1. The quantitative estimate of drug-likeness (QED) is 0.894. The lowest BCUT2D eigenvalue weighted by Gasteiger charge is -2.24. The van der Waals surface area contributed by atoms with Gasteiger partial charge >= 0.3 is 0 Å². The molecule has 0 aliphatic carbocycles. The number of nitrogens with one attached hydrogen (secondary N) is 2. The maximum Gasteiger partial charge on any atom is 0.120 e. The van der Waals surface area contributed by atoms with Gasteiger partial charge < -0.3 is 15.0 Å². The van der Waals surface area contributed by atoms with Crippen molar-refractivity contribution in [3.63, 3.8) is 0 Å². The lowest BCUT2D eigenvalue weighted by molar-refractivity contribution is 0.415. The van der Waals surface area contributed by atoms with Crippen molar-refractivity contribution < 1.29 is 4.74 Å². The number of methoxy groups -OCH3 is 1. The molecule has 1 aliphatic heterocycles. The van der Waals surface area contributed by atoms with E-state index < -0.39 is 0 Å². The Balaban J connectivity index is 1.91. The van der Waals surface area contributed by atoms with E-state index in [0.29, 0.717) is 10.9 Å². The Hall–Kier alpha value is -1.52. The highest BCUT2D eigenvalue weighted by Gasteiger charge is 2.22. The molecule has 2 heterocycles. The predicted molar refractivity (Wildman–Crippen MR) is 71.2 cm³/mol. The second kappa shape index (κ2) is 4.63. The van der Waals surface area contributed by atoms with E-state index in [4.69, 9.17) is 16.3 Å². The van der Waals surface area contributed by atoms with Crippen molar-refractivity contribution >= 4 is 11.6 Å². The standard InChI is InChI=1S/C13H14ClN3O/c1-18-9-2-3-10(11(14)4-9)12-7-16-13(17-12)8-5-15-6-8/h2-4,7-8,15H,5-6H2,1H3,(H,16,17). The highest BCUT2D eigenvalue weighted by atomic mass is 35.5. The number of hydrogen-bond donors (Lipinski definition) is 2. The summed E-state index contributed by atoms with van der Waals surface area (Å²) in [6.07, 6.45) is 1.83. The van der Waals surface area contributed by atoms with Gasteiger partial charge in [-0.05, 0) is 18.2 Å². The number of ether oxygens (including phenoxy) is 1. The van der Waals surface area contributed by atoms with Crippen LogP contribution < -0.4 is 10.1 Å². The Morgan fingerprint density at radius 3 is 2.83 bits per heavy atom. The van der Waals surface area contributed by atoms with Crippen molar-refractivity contribution in [1.29, 1.82) is 0 Å². The first-order chi connectivity index (χ1) is 8.78. The number of hydrogen-bond acceptors (Lipinski definition) is 3. The lowest BCUT2D eigenvalue weighted by atomic mass is 10.0. The second-order valence-electron chi connectivity index (χ2n) is 4.38. The van der Waals surface area contributed by atoms with Crippen LogP contribution in [0.4, 0.5) is 0 Å². The molecule has 94 valence electrons. The van der Waals surface area contributed by atoms with Crippen molar-refractivity contribution in [2.24, 2.45) is 0 Å². The fourth-order valence-electron chi connectivity index (χ4n) is 2.00. The maximum atomic E-state index is 6.24. The Morgan fingerprint density at radius 1 is 1.39 bits per heavy atom. The number of aromatic nitrogens is 2. The Bertz CT molecular complexity index is 563. The van der Waals surface area contributed by atoms with E-state index in [2.05, 4.69) is 15.3 Å². The number of rotatable bonds is 3. The molecule has 18 heavy (non-hydrogen) atoms. The van der Waals surface area contributed by atoms with E-state index in [1.54, 1.807) is 7.11 Å². The molecule has 0 unspecified atom stereocenters. The average molecular weight is 264 g/mol. The lowest BCUT2D eigenvalue weighted by Crippen LogP contribution is -2.40. The van der Waals surface area contributed by atoms with Crippen LogP contribution in [0.1, 0.15) is 11.7 Å². The first kappa shape index (κ1) is 11.6. The molecule has 3 rings (SSSR count). The topological polar surface area (TPSA) is 49.9 Å². The molecular weight excluding hydrogens is 250 g/mol. The fraction of sp³-hybridized carbons (Fsp3) is 0.308. The molecule has 0 atom stereocenters. The van der Waals surface area contributed by atoms with Crippen LogP contribution >= 0.6 is 11.6 Å². The molecular formula is C13H14ClN3O. The zero-order valence-electron chi connectivity index (χ0n) is 10.0. The normalized spacial score (nSPS) is 15.4. The van der Waals surface area contributed by atoms with E-state index in [1.807, 2.05) is 24.4 Å². The van der Waals surface area contributed by atoms with Gasteiger partial charge in [-0.2, -0.15) is 0 Å². The van der Waals surface area contributed by atoms with Crippen molar-refractivity contribution in [3.05, 3.63) is 35.2 Å². The Kier molecular flexibility index (Phi) is 2.97. The van der Waals surface area contributed by atoms with Gasteiger partial charge in [-0.15, -0.1) is 0 Å². The molecule has 2 N–H and O–H groups in total. The summed E-state index contributed by atoms with van der Waals surface area (Å²) < 4.78 is 5.14. The molecule has 5 heteroatoms. The number of nitrogens with zero attached hydrogens (tertiary/aromatic N) is 1. The van der Waals surface area contributed by atoms with E-state index in [1.165, 1.54) is 0 Å². The minimum absolute atomic E-state index is 0.496. The van der Waals surface area contributed by atoms with Crippen LogP contribution in [0.15, 0.2) is 24.4 Å². The van der Waals surface area contributed by atoms with Crippen LogP contribution in [0.5, 0.6) is 5.75 Å². The fourth-order valence-corrected chi connectivity index (χ4v) is 2.28. The molecule has 0 amide bonds. The number of H-pyrrole nitrogens is 1. The monoisotopic (exact) mass is 263 g/mol. The van der Waals surface area contributed by atoms with Gasteiger partial charge in [0.1, 0.15) is 11.6 Å². The summed E-state index contributed by atoms with van der Waals surface area (Å²) >= 11 is 6.24. The minimum atomic E-state index is 0.496. The van der Waals surface area contributed by atoms with Crippen molar-refractivity contribution in [2.75, 3.05) is 20.2 Å². The Labute approximate surface area is 110 Å². The SMILES string of the molecule is COc1ccc(-c2cnc(C3CNC3)[nH]2)c(Cl)c1. The van der Waals surface area contributed by atoms with Gasteiger partial charge in [0.2, 0.25) is 0 Å². The third-order valence-corrected chi connectivity index (χ3v) is 3.54. The summed E-state index contributed by atoms with van der Waals surface area (Å²) in [5.74, 6) is 2.28. The van der Waals surface area contributed by atoms with Crippen LogP contribution in [-0.4, -0.2) is 30.2 Å². The zero-order chi connectivity index (χ0) is 12.5. The van der Waals surface area contributed by atoms with Gasteiger partial charge in [0.05, 0.1) is 24.0 Å². The van der Waals surface area contributed by atoms with E-state index >= 15 is 0 Å². The maximum absolute atomic E-state index is 6.24. The first-order valence-electron chi connectivity index (χ1n) is 5.87. The predicted octanol–water partition coefficient (Wildman–Crippen LogP) is 2.43. The average Bonchev–Trinajstić information content (AvgIpc) is 2.75. The second-order valence-corrected chi connectivity index (χ2v) is 4.79. The Morgan fingerprint density at radius 2 is 2.22 bits per heavy atom. The molecule has 0 saturated carbocycles. The molecule has 1 fully saturated rings. The van der Waals surface area contributed by atoms with Gasteiger partial charge in [0, 0.05) is 24.6 Å². The highest BCUT2D eigenvalue weighted by Crippen LogP contribution is 2.31. The molecule has 1 aromatic carbocycles. The summed E-state index contributed by atoms with van der Waals surface area (Å²) in [7, 11) is 1.63. The number of halogens is 1. The molecule has 2 aromatic rings. The number of imidazole rings is 1. The molecule has 1 saturated heterocycles. The summed E-state index contributed by atoms with van der Waals surface area (Å²) in [6.45, 7) is 1.98. The summed E-state index contributed by atoms with van der Waals surface area (Å²) in [6, 6.07) is 5.65. The summed E-state index contributed by atoms with van der Waals surface area (Å²) in [5, 5.41) is 3.90. The van der Waals surface area contributed by atoms with Crippen LogP contribution in [0, 0.1) is 0 Å². The van der Waals surface area contributed by atoms with Crippen LogP contribution in [0.3, 0.4) is 0 Å². The number of aromatic amines is 1. The summed E-state index contributed by atoms with van der Waals surface area (Å²) in [4.78, 5) is 7.75. The summed E-state index contributed by atoms with van der Waals surface area (Å²) in [5.41, 5.74) is 1.90. The van der Waals surface area contributed by atoms with E-state index in [-0.39, 0.29) is 0 Å². The van der Waals surface area contributed by atoms with Gasteiger partial charge in [-0.3, -0.25) is 0 Å². The van der Waals surface area contributed by atoms with Gasteiger partial charge in [-0.1, -0.05) is 11.6 Å². The van der Waals surface area contributed by atoms with Crippen molar-refractivity contribution in [1.82, 2.24) is 15.3 Å². The molecule has 0 bridgehead atoms. The third kappa shape index (κ3) is 1.98. The van der Waals surface area contributed by atoms with Crippen LogP contribution in [0.2, 0.25) is 5.02 Å². The molecule has 0 spiro atoms. The third-order valence-electron chi connectivity index (χ3n) is 3.23. The van der Waals surface area contributed by atoms with Crippen molar-refractivity contribution in [2.45, 2.75) is 5.92 Å². The molecule has 0 radical (unpaired) electrons. The molecule has 1 aliphatic rings. The zero-order valence-corrected chi connectivity index (χ0v) is 10.8. The van der Waals surface area contributed by atoms with Gasteiger partial charge in [0.25, 0.3) is 0 Å². The van der Waals surface area contributed by atoms with Gasteiger partial charge in [0.15, 0.2) is 0 Å². The van der Waals surface area contributed by atoms with E-state index in [9.17, 15) is 0 Å².